The van der Waals surface area contributed by atoms with Gasteiger partial charge in [-0.15, -0.1) is 13.2 Å². The number of nitrogens with two attached hydrogens (primary N) is 3. The molecule has 1 aromatic carbocycles. The lowest BCUT2D eigenvalue weighted by Gasteiger charge is -2.11. The van der Waals surface area contributed by atoms with E-state index < -0.39 is 18.2 Å². The predicted octanol–water partition coefficient (Wildman–Crippen LogP) is 1.68. The number of hydrogen-bond donors (Lipinski definition) is 4. The first-order valence-corrected chi connectivity index (χ1v) is 7.98. The standard InChI is InChI=1S/C15H15ClF3N7O2/c16-10-12(25-11(20)9(24-10)13(27)26-14(21)22)23-6-5-7-1-3-8(4-2-7)28-15(17,18)19/h1-4H,5-6H2,(H3,20,23,25)(H4,21,22,26,27). The summed E-state index contributed by atoms with van der Waals surface area (Å²) in [5.41, 5.74) is 16.3. The molecule has 9 nitrogen and oxygen atoms in total. The number of aromatic nitrogens is 2. The maximum absolute atomic E-state index is 12.1. The SMILES string of the molecule is NC(N)=NC(=O)c1nc(Cl)c(NCCc2ccc(OC(F)(F)F)cc2)nc1N. The van der Waals surface area contributed by atoms with Gasteiger partial charge in [0.25, 0.3) is 0 Å². The molecule has 1 amide bonds. The quantitative estimate of drug-likeness (QED) is 0.408. The number of nitrogens with zero attached hydrogens (tertiary/aromatic N) is 3. The third kappa shape index (κ3) is 6.16. The molecule has 13 heteroatoms. The van der Waals surface area contributed by atoms with Gasteiger partial charge >= 0.3 is 12.3 Å². The molecule has 0 radical (unpaired) electrons. The van der Waals surface area contributed by atoms with Crippen molar-refractivity contribution in [3.8, 4) is 5.75 Å². The minimum atomic E-state index is -4.74. The van der Waals surface area contributed by atoms with Gasteiger partial charge in [0, 0.05) is 6.54 Å². The number of halogens is 4. The van der Waals surface area contributed by atoms with Gasteiger partial charge < -0.3 is 27.3 Å². The van der Waals surface area contributed by atoms with E-state index in [0.717, 1.165) is 5.56 Å². The van der Waals surface area contributed by atoms with E-state index in [-0.39, 0.29) is 28.2 Å². The molecule has 0 bridgehead atoms. The van der Waals surface area contributed by atoms with Gasteiger partial charge in [0.1, 0.15) is 5.75 Å². The minimum Gasteiger partial charge on any atom is -0.406 e. The highest BCUT2D eigenvalue weighted by Gasteiger charge is 2.30. The van der Waals surface area contributed by atoms with Crippen molar-refractivity contribution < 1.29 is 22.7 Å². The average molecular weight is 418 g/mol. The van der Waals surface area contributed by atoms with Crippen LogP contribution in [0.15, 0.2) is 29.3 Å². The number of guanidine groups is 1. The molecule has 0 aliphatic carbocycles. The fourth-order valence-corrected chi connectivity index (χ4v) is 2.24. The van der Waals surface area contributed by atoms with Crippen LogP contribution in [0.3, 0.4) is 0 Å². The Morgan fingerprint density at radius 2 is 1.86 bits per heavy atom. The lowest BCUT2D eigenvalue weighted by molar-refractivity contribution is -0.274. The van der Waals surface area contributed by atoms with E-state index >= 15 is 0 Å². The number of nitrogens with one attached hydrogen (secondary N) is 1. The van der Waals surface area contributed by atoms with E-state index in [1.165, 1.54) is 24.3 Å². The third-order valence-electron chi connectivity index (χ3n) is 3.18. The summed E-state index contributed by atoms with van der Waals surface area (Å²) in [6.45, 7) is 0.314. The second kappa shape index (κ2) is 8.61. The molecule has 150 valence electrons. The number of carbonyl (C=O) groups is 1. The van der Waals surface area contributed by atoms with Crippen LogP contribution < -0.4 is 27.3 Å². The highest BCUT2D eigenvalue weighted by Crippen LogP contribution is 2.23. The first-order valence-electron chi connectivity index (χ1n) is 7.60. The van der Waals surface area contributed by atoms with Crippen LogP contribution in [0.1, 0.15) is 16.1 Å². The number of benzene rings is 1. The zero-order chi connectivity index (χ0) is 20.9. The fourth-order valence-electron chi connectivity index (χ4n) is 2.05. The monoisotopic (exact) mass is 417 g/mol. The number of nitrogen functional groups attached to an aromatic ring is 1. The second-order valence-electron chi connectivity index (χ2n) is 5.31. The highest BCUT2D eigenvalue weighted by atomic mass is 35.5. The van der Waals surface area contributed by atoms with Gasteiger partial charge in [0.05, 0.1) is 0 Å². The van der Waals surface area contributed by atoms with Gasteiger partial charge in [-0.05, 0) is 24.1 Å². The van der Waals surface area contributed by atoms with Gasteiger partial charge in [-0.1, -0.05) is 23.7 Å². The zero-order valence-electron chi connectivity index (χ0n) is 14.1. The van der Waals surface area contributed by atoms with Crippen LogP contribution in [0.4, 0.5) is 24.8 Å². The summed E-state index contributed by atoms with van der Waals surface area (Å²) < 4.78 is 40.2. The van der Waals surface area contributed by atoms with Crippen molar-refractivity contribution in [1.29, 1.82) is 0 Å². The summed E-state index contributed by atoms with van der Waals surface area (Å²) in [6.07, 6.45) is -4.31. The summed E-state index contributed by atoms with van der Waals surface area (Å²) in [5, 5.41) is 2.74. The van der Waals surface area contributed by atoms with Crippen LogP contribution in [-0.2, 0) is 6.42 Å². The Hall–Kier alpha value is -3.28. The number of ether oxygens (including phenoxy) is 1. The van der Waals surface area contributed by atoms with Crippen LogP contribution >= 0.6 is 11.6 Å². The number of alkyl halides is 3. The van der Waals surface area contributed by atoms with Gasteiger partial charge in [-0.2, -0.15) is 4.99 Å². The Bertz CT molecular complexity index is 884. The van der Waals surface area contributed by atoms with E-state index in [1.54, 1.807) is 0 Å². The van der Waals surface area contributed by atoms with Crippen molar-refractivity contribution in [2.24, 2.45) is 16.5 Å². The Morgan fingerprint density at radius 3 is 2.43 bits per heavy atom. The Labute approximate surface area is 161 Å². The first-order chi connectivity index (χ1) is 13.0. The number of rotatable bonds is 6. The lowest BCUT2D eigenvalue weighted by atomic mass is 10.1. The Kier molecular flexibility index (Phi) is 6.46. The smallest absolute Gasteiger partial charge is 0.406 e. The van der Waals surface area contributed by atoms with Gasteiger partial charge in [-0.3, -0.25) is 4.79 Å². The van der Waals surface area contributed by atoms with Crippen LogP contribution in [0.5, 0.6) is 5.75 Å². The van der Waals surface area contributed by atoms with Crippen LogP contribution in [0.25, 0.3) is 0 Å². The molecule has 2 rings (SSSR count). The maximum Gasteiger partial charge on any atom is 0.573 e. The summed E-state index contributed by atoms with van der Waals surface area (Å²) in [4.78, 5) is 22.8. The molecule has 0 unspecified atom stereocenters. The van der Waals surface area contributed by atoms with E-state index in [2.05, 4.69) is 25.0 Å². The predicted molar refractivity (Wildman–Crippen MR) is 96.9 cm³/mol. The second-order valence-corrected chi connectivity index (χ2v) is 5.67. The van der Waals surface area contributed by atoms with Crippen molar-refractivity contribution >= 4 is 35.1 Å². The molecule has 28 heavy (non-hydrogen) atoms. The maximum atomic E-state index is 12.1. The highest BCUT2D eigenvalue weighted by molar-refractivity contribution is 6.32. The number of hydrogen-bond acceptors (Lipinski definition) is 6. The van der Waals surface area contributed by atoms with Crippen LogP contribution in [-0.4, -0.2) is 34.7 Å². The number of aliphatic imine (C=N–C) groups is 1. The molecule has 1 heterocycles. The third-order valence-corrected chi connectivity index (χ3v) is 3.44. The summed E-state index contributed by atoms with van der Waals surface area (Å²) in [7, 11) is 0. The lowest BCUT2D eigenvalue weighted by Crippen LogP contribution is -2.25. The van der Waals surface area contributed by atoms with Crippen molar-refractivity contribution in [2.45, 2.75) is 12.8 Å². The van der Waals surface area contributed by atoms with Crippen molar-refractivity contribution in [2.75, 3.05) is 17.6 Å². The van der Waals surface area contributed by atoms with Gasteiger partial charge in [-0.25, -0.2) is 9.97 Å². The number of amides is 1. The Balaban J connectivity index is 1.98. The number of anilines is 2. The van der Waals surface area contributed by atoms with E-state index in [9.17, 15) is 18.0 Å². The molecular weight excluding hydrogens is 403 g/mol. The van der Waals surface area contributed by atoms with Crippen LogP contribution in [0, 0.1) is 0 Å². The molecule has 0 saturated carbocycles. The first kappa shape index (κ1) is 21.0. The van der Waals surface area contributed by atoms with Crippen molar-refractivity contribution in [1.82, 2.24) is 9.97 Å². The molecular formula is C15H15ClF3N7O2. The topological polar surface area (TPSA) is 155 Å². The molecule has 0 aliphatic heterocycles. The normalized spacial score (nSPS) is 11.0. The summed E-state index contributed by atoms with van der Waals surface area (Å²) in [5.74, 6) is -1.77. The summed E-state index contributed by atoms with van der Waals surface area (Å²) >= 11 is 5.97. The summed E-state index contributed by atoms with van der Waals surface area (Å²) in [6, 6.07) is 5.39. The largest absolute Gasteiger partial charge is 0.573 e. The van der Waals surface area contributed by atoms with Gasteiger partial charge in [0.15, 0.2) is 28.4 Å². The molecule has 2 aromatic rings. The van der Waals surface area contributed by atoms with E-state index in [4.69, 9.17) is 28.8 Å². The molecule has 0 aliphatic rings. The van der Waals surface area contributed by atoms with E-state index in [0.29, 0.717) is 13.0 Å². The minimum absolute atomic E-state index is 0.123. The average Bonchev–Trinajstić information content (AvgIpc) is 2.57. The van der Waals surface area contributed by atoms with Crippen LogP contribution in [0.2, 0.25) is 5.15 Å². The molecule has 0 saturated heterocycles. The fraction of sp³-hybridized carbons (Fsp3) is 0.200. The molecule has 0 spiro atoms. The zero-order valence-corrected chi connectivity index (χ0v) is 14.9. The van der Waals surface area contributed by atoms with Crippen molar-refractivity contribution in [3.63, 3.8) is 0 Å². The molecule has 7 N–H and O–H groups in total. The van der Waals surface area contributed by atoms with Crippen molar-refractivity contribution in [3.05, 3.63) is 40.7 Å². The molecule has 0 fully saturated rings. The molecule has 0 atom stereocenters. The molecule has 1 aromatic heterocycles. The van der Waals surface area contributed by atoms with Gasteiger partial charge in [0.2, 0.25) is 0 Å². The number of carbonyl (C=O) groups excluding carboxylic acids is 1. The van der Waals surface area contributed by atoms with E-state index in [1.807, 2.05) is 0 Å². The Morgan fingerprint density at radius 1 is 1.21 bits per heavy atom.